The summed E-state index contributed by atoms with van der Waals surface area (Å²) in [4.78, 5) is 0. The maximum atomic E-state index is 10.7. The molecule has 3 aromatic rings. The molecule has 2 atom stereocenters. The van der Waals surface area contributed by atoms with Gasteiger partial charge in [0.05, 0.1) is 0 Å². The van der Waals surface area contributed by atoms with E-state index in [1.165, 1.54) is 15.9 Å². The molecule has 0 aliphatic heterocycles. The second kappa shape index (κ2) is 7.03. The fourth-order valence-electron chi connectivity index (χ4n) is 3.72. The quantitative estimate of drug-likeness (QED) is 0.605. The van der Waals surface area contributed by atoms with Crippen molar-refractivity contribution in [2.24, 2.45) is 0 Å². The molecule has 1 N–H and O–H groups in total. The van der Waals surface area contributed by atoms with E-state index in [0.717, 1.165) is 0 Å². The van der Waals surface area contributed by atoms with E-state index in [1.54, 1.807) is 0 Å². The Bertz CT molecular complexity index is 719. The van der Waals surface area contributed by atoms with Crippen LogP contribution in [0.5, 0.6) is 0 Å². The van der Waals surface area contributed by atoms with E-state index in [2.05, 4.69) is 95.2 Å². The van der Waals surface area contributed by atoms with Crippen molar-refractivity contribution in [1.82, 2.24) is 0 Å². The van der Waals surface area contributed by atoms with Crippen LogP contribution in [0.25, 0.3) is 0 Å². The van der Waals surface area contributed by atoms with Crippen molar-refractivity contribution in [2.45, 2.75) is 25.6 Å². The number of aliphatic hydroxyl groups excluding tert-OH is 1. The average molecular weight is 415 g/mol. The van der Waals surface area contributed by atoms with Crippen LogP contribution in [-0.4, -0.2) is 16.9 Å². The molecule has 1 nitrogen and oxygen atoms in total. The summed E-state index contributed by atoms with van der Waals surface area (Å²) in [5.41, 5.74) is 0.0122. The maximum absolute atomic E-state index is 10.7. The molecule has 0 bridgehead atoms. The Kier molecular flexibility index (Phi) is 5.16. The third-order valence-electron chi connectivity index (χ3n) is 5.25. The Morgan fingerprint density at radius 1 is 0.640 bits per heavy atom. The monoisotopic (exact) mass is 414 g/mol. The molecule has 0 amide bonds. The van der Waals surface area contributed by atoms with Crippen LogP contribution >= 0.6 is 20.8 Å². The van der Waals surface area contributed by atoms with Gasteiger partial charge in [-0.05, 0) is 0 Å². The molecule has 0 fully saturated rings. The van der Waals surface area contributed by atoms with Gasteiger partial charge in [0.1, 0.15) is 0 Å². The zero-order valence-electron chi connectivity index (χ0n) is 14.6. The van der Waals surface area contributed by atoms with Crippen molar-refractivity contribution in [2.75, 3.05) is 0 Å². The standard InChI is InChI=1S/C22H24BrOP/c1-18(24)19(2)25(23,20-12-6-3-7-13-20,21-14-8-4-9-15-21)22-16-10-5-11-17-22/h3-19,24H,1-2H3. The van der Waals surface area contributed by atoms with Crippen molar-refractivity contribution >= 4 is 36.7 Å². The Hall–Kier alpha value is -1.47. The van der Waals surface area contributed by atoms with Crippen molar-refractivity contribution in [1.29, 1.82) is 0 Å². The van der Waals surface area contributed by atoms with Crippen molar-refractivity contribution in [3.8, 4) is 0 Å². The normalized spacial score (nSPS) is 15.8. The summed E-state index contributed by atoms with van der Waals surface area (Å²) in [6, 6.07) is 31.7. The summed E-state index contributed by atoms with van der Waals surface area (Å²) in [5, 5.41) is 11.4. The van der Waals surface area contributed by atoms with Gasteiger partial charge in [-0.3, -0.25) is 0 Å². The first-order valence-corrected chi connectivity index (χ1v) is 12.9. The summed E-state index contributed by atoms with van der Waals surface area (Å²) in [6.07, 6.45) is -0.460. The van der Waals surface area contributed by atoms with Gasteiger partial charge in [-0.1, -0.05) is 0 Å². The van der Waals surface area contributed by atoms with Crippen LogP contribution in [0.4, 0.5) is 0 Å². The van der Waals surface area contributed by atoms with Crippen LogP contribution in [0.15, 0.2) is 91.0 Å². The van der Waals surface area contributed by atoms with Crippen LogP contribution in [0.1, 0.15) is 13.8 Å². The van der Waals surface area contributed by atoms with Crippen molar-refractivity contribution in [3.05, 3.63) is 91.0 Å². The number of hydrogen-bond acceptors (Lipinski definition) is 1. The summed E-state index contributed by atoms with van der Waals surface area (Å²) in [6.45, 7) is 4.05. The first kappa shape index (κ1) is 18.3. The van der Waals surface area contributed by atoms with Gasteiger partial charge in [0.25, 0.3) is 0 Å². The Labute approximate surface area is 158 Å². The average Bonchev–Trinajstić information content (AvgIpc) is 2.69. The van der Waals surface area contributed by atoms with Gasteiger partial charge >= 0.3 is 158 Å². The van der Waals surface area contributed by atoms with E-state index >= 15 is 0 Å². The minimum atomic E-state index is -3.04. The second-order valence-electron chi connectivity index (χ2n) is 6.56. The van der Waals surface area contributed by atoms with Crippen molar-refractivity contribution in [3.63, 3.8) is 0 Å². The van der Waals surface area contributed by atoms with Gasteiger partial charge in [0, 0.05) is 0 Å². The minimum absolute atomic E-state index is 0.0122. The molecule has 3 aromatic carbocycles. The van der Waals surface area contributed by atoms with E-state index in [4.69, 9.17) is 0 Å². The van der Waals surface area contributed by atoms with E-state index < -0.39 is 11.4 Å². The second-order valence-corrected chi connectivity index (χ2v) is 15.5. The fourth-order valence-corrected chi connectivity index (χ4v) is 12.3. The Morgan fingerprint density at radius 2 is 0.920 bits per heavy atom. The number of halogens is 1. The van der Waals surface area contributed by atoms with Crippen LogP contribution in [0.2, 0.25) is 0 Å². The predicted molar refractivity (Wildman–Crippen MR) is 115 cm³/mol. The summed E-state index contributed by atoms with van der Waals surface area (Å²) >= 11 is 4.35. The molecule has 0 aliphatic carbocycles. The van der Waals surface area contributed by atoms with Gasteiger partial charge in [0.2, 0.25) is 0 Å². The molecule has 0 radical (unpaired) electrons. The van der Waals surface area contributed by atoms with Gasteiger partial charge in [0.15, 0.2) is 0 Å². The molecule has 2 unspecified atom stereocenters. The van der Waals surface area contributed by atoms with E-state index in [-0.39, 0.29) is 5.66 Å². The number of hydrogen-bond donors (Lipinski definition) is 1. The number of aliphatic hydroxyl groups is 1. The molecule has 0 spiro atoms. The fraction of sp³-hybridized carbons (Fsp3) is 0.182. The first-order valence-electron chi connectivity index (χ1n) is 8.58. The summed E-state index contributed by atoms with van der Waals surface area (Å²) in [7, 11) is 0. The molecule has 0 saturated heterocycles. The molecular formula is C22H24BrOP. The molecule has 0 heterocycles. The zero-order chi connectivity index (χ0) is 17.9. The van der Waals surface area contributed by atoms with Gasteiger partial charge < -0.3 is 0 Å². The van der Waals surface area contributed by atoms with Gasteiger partial charge in [-0.15, -0.1) is 0 Å². The number of benzene rings is 3. The van der Waals surface area contributed by atoms with Crippen molar-refractivity contribution < 1.29 is 5.11 Å². The van der Waals surface area contributed by atoms with E-state index in [1.807, 2.05) is 25.1 Å². The Balaban J connectivity index is 2.49. The first-order chi connectivity index (χ1) is 12.0. The molecule has 3 heteroatoms. The molecular weight excluding hydrogens is 391 g/mol. The molecule has 0 aliphatic rings. The molecule has 25 heavy (non-hydrogen) atoms. The third kappa shape index (κ3) is 2.77. The summed E-state index contributed by atoms with van der Waals surface area (Å²) in [5.74, 6) is 0. The van der Waals surface area contributed by atoms with Gasteiger partial charge in [-0.2, -0.15) is 0 Å². The van der Waals surface area contributed by atoms with Crippen LogP contribution in [0, 0.1) is 0 Å². The molecule has 0 aromatic heterocycles. The number of rotatable bonds is 5. The summed E-state index contributed by atoms with van der Waals surface area (Å²) < 4.78 is 0. The van der Waals surface area contributed by atoms with Gasteiger partial charge in [-0.25, -0.2) is 0 Å². The topological polar surface area (TPSA) is 20.2 Å². The van der Waals surface area contributed by atoms with Crippen LogP contribution < -0.4 is 15.9 Å². The zero-order valence-corrected chi connectivity index (χ0v) is 17.1. The molecule has 130 valence electrons. The van der Waals surface area contributed by atoms with Crippen LogP contribution in [-0.2, 0) is 0 Å². The van der Waals surface area contributed by atoms with Crippen LogP contribution in [0.3, 0.4) is 0 Å². The van der Waals surface area contributed by atoms with E-state index in [0.29, 0.717) is 0 Å². The Morgan fingerprint density at radius 3 is 1.16 bits per heavy atom. The third-order valence-corrected chi connectivity index (χ3v) is 16.8. The SMILES string of the molecule is CC(O)C(C)P(Br)(c1ccccc1)(c1ccccc1)c1ccccc1. The molecule has 3 rings (SSSR count). The van der Waals surface area contributed by atoms with E-state index in [9.17, 15) is 5.11 Å². The molecule has 0 saturated carbocycles. The predicted octanol–water partition coefficient (Wildman–Crippen LogP) is 4.60.